The lowest BCUT2D eigenvalue weighted by Gasteiger charge is -2.15. The second-order valence-electron chi connectivity index (χ2n) is 5.91. The molecule has 28 heavy (non-hydrogen) atoms. The molecule has 2 aromatic carbocycles. The predicted octanol–water partition coefficient (Wildman–Crippen LogP) is 5.14. The van der Waals surface area contributed by atoms with Crippen LogP contribution in [0.2, 0.25) is 5.02 Å². The SMILES string of the molecule is O=c1[nH]c2ccc(C(F)(F)F)cc2c(-c2cc(Cl)ccc2O)c1C=C(Cl)CO. The fourth-order valence-electron chi connectivity index (χ4n) is 2.82. The van der Waals surface area contributed by atoms with Gasteiger partial charge in [0.05, 0.1) is 12.2 Å². The second kappa shape index (κ2) is 7.50. The smallest absolute Gasteiger partial charge is 0.416 e. The van der Waals surface area contributed by atoms with E-state index in [1.807, 2.05) is 0 Å². The number of nitrogens with one attached hydrogen (secondary N) is 1. The van der Waals surface area contributed by atoms with Crippen LogP contribution in [0.25, 0.3) is 28.1 Å². The van der Waals surface area contributed by atoms with E-state index in [0.29, 0.717) is 0 Å². The molecule has 9 heteroatoms. The molecule has 0 atom stereocenters. The number of aromatic nitrogens is 1. The number of phenolic OH excluding ortho intramolecular Hbond substituents is 1. The number of phenols is 1. The number of hydrogen-bond acceptors (Lipinski definition) is 3. The van der Waals surface area contributed by atoms with Gasteiger partial charge in [-0.05, 0) is 42.5 Å². The summed E-state index contributed by atoms with van der Waals surface area (Å²) in [6, 6.07) is 6.83. The van der Waals surface area contributed by atoms with Crippen molar-refractivity contribution in [3.63, 3.8) is 0 Å². The molecular formula is C19H12Cl2F3NO3. The van der Waals surface area contributed by atoms with Crippen LogP contribution in [0, 0.1) is 0 Å². The van der Waals surface area contributed by atoms with Gasteiger partial charge in [0.2, 0.25) is 0 Å². The molecule has 0 aliphatic carbocycles. The third kappa shape index (κ3) is 3.87. The molecule has 0 saturated carbocycles. The van der Waals surface area contributed by atoms with Gasteiger partial charge in [-0.15, -0.1) is 0 Å². The van der Waals surface area contributed by atoms with Crippen LogP contribution in [0.4, 0.5) is 13.2 Å². The van der Waals surface area contributed by atoms with Crippen molar-refractivity contribution < 1.29 is 23.4 Å². The predicted molar refractivity (Wildman–Crippen MR) is 103 cm³/mol. The molecule has 1 heterocycles. The summed E-state index contributed by atoms with van der Waals surface area (Å²) < 4.78 is 39.7. The average Bonchev–Trinajstić information content (AvgIpc) is 2.63. The number of halogens is 5. The van der Waals surface area contributed by atoms with Gasteiger partial charge in [0.1, 0.15) is 5.75 Å². The van der Waals surface area contributed by atoms with Crippen LogP contribution in [0.5, 0.6) is 5.75 Å². The van der Waals surface area contributed by atoms with Crippen molar-refractivity contribution in [3.05, 3.63) is 67.9 Å². The van der Waals surface area contributed by atoms with Gasteiger partial charge in [0.15, 0.2) is 0 Å². The lowest BCUT2D eigenvalue weighted by molar-refractivity contribution is -0.137. The van der Waals surface area contributed by atoms with E-state index < -0.39 is 23.9 Å². The van der Waals surface area contributed by atoms with Crippen LogP contribution < -0.4 is 5.56 Å². The molecule has 4 nitrogen and oxygen atoms in total. The Hall–Kier alpha value is -2.48. The number of fused-ring (bicyclic) bond motifs is 1. The molecule has 0 amide bonds. The molecule has 0 fully saturated rings. The van der Waals surface area contributed by atoms with Crippen LogP contribution in [-0.4, -0.2) is 21.8 Å². The van der Waals surface area contributed by atoms with Crippen LogP contribution in [-0.2, 0) is 6.18 Å². The number of hydrogen-bond donors (Lipinski definition) is 3. The number of alkyl halides is 3. The molecule has 3 rings (SSSR count). The van der Waals surface area contributed by atoms with Crippen LogP contribution >= 0.6 is 23.2 Å². The molecule has 0 saturated heterocycles. The van der Waals surface area contributed by atoms with Gasteiger partial charge in [-0.3, -0.25) is 4.79 Å². The van der Waals surface area contributed by atoms with E-state index in [0.717, 1.165) is 24.3 Å². The van der Waals surface area contributed by atoms with Crippen molar-refractivity contribution in [2.24, 2.45) is 0 Å². The Morgan fingerprint density at radius 2 is 1.89 bits per heavy atom. The molecule has 0 aliphatic rings. The van der Waals surface area contributed by atoms with Crippen molar-refractivity contribution in [3.8, 4) is 16.9 Å². The zero-order valence-corrected chi connectivity index (χ0v) is 15.5. The fourth-order valence-corrected chi connectivity index (χ4v) is 3.10. The lowest BCUT2D eigenvalue weighted by Crippen LogP contribution is -2.13. The first-order valence-corrected chi connectivity index (χ1v) is 8.60. The van der Waals surface area contributed by atoms with E-state index in [-0.39, 0.29) is 43.4 Å². The first-order chi connectivity index (χ1) is 13.1. The summed E-state index contributed by atoms with van der Waals surface area (Å²) in [7, 11) is 0. The number of H-pyrrole nitrogens is 1. The summed E-state index contributed by atoms with van der Waals surface area (Å²) in [5.41, 5.74) is -1.52. The summed E-state index contributed by atoms with van der Waals surface area (Å²) in [5, 5.41) is 19.6. The van der Waals surface area contributed by atoms with Gasteiger partial charge in [0, 0.05) is 37.6 Å². The molecule has 146 valence electrons. The Kier molecular flexibility index (Phi) is 5.43. The van der Waals surface area contributed by atoms with Gasteiger partial charge in [-0.1, -0.05) is 23.2 Å². The Morgan fingerprint density at radius 1 is 1.18 bits per heavy atom. The number of aliphatic hydroxyl groups is 1. The maximum absolute atomic E-state index is 13.2. The van der Waals surface area contributed by atoms with Crippen molar-refractivity contribution >= 4 is 40.2 Å². The van der Waals surface area contributed by atoms with Crippen molar-refractivity contribution in [1.82, 2.24) is 4.98 Å². The largest absolute Gasteiger partial charge is 0.507 e. The van der Waals surface area contributed by atoms with E-state index in [4.69, 9.17) is 23.2 Å². The van der Waals surface area contributed by atoms with E-state index >= 15 is 0 Å². The van der Waals surface area contributed by atoms with Crippen molar-refractivity contribution in [2.45, 2.75) is 6.18 Å². The highest BCUT2D eigenvalue weighted by atomic mass is 35.5. The summed E-state index contributed by atoms with van der Waals surface area (Å²) >= 11 is 11.8. The van der Waals surface area contributed by atoms with Crippen molar-refractivity contribution in [1.29, 1.82) is 0 Å². The second-order valence-corrected chi connectivity index (χ2v) is 6.83. The molecule has 0 radical (unpaired) electrons. The number of benzene rings is 2. The molecule has 3 aromatic rings. The molecular weight excluding hydrogens is 418 g/mol. The molecule has 0 aliphatic heterocycles. The number of aromatic hydroxyl groups is 1. The summed E-state index contributed by atoms with van der Waals surface area (Å²) in [6.45, 7) is -0.581. The number of aromatic amines is 1. The van der Waals surface area contributed by atoms with Crippen LogP contribution in [0.3, 0.4) is 0 Å². The maximum Gasteiger partial charge on any atom is 0.416 e. The van der Waals surface area contributed by atoms with Gasteiger partial charge in [-0.2, -0.15) is 13.2 Å². The third-order valence-electron chi connectivity index (χ3n) is 4.06. The number of aliphatic hydroxyl groups excluding tert-OH is 1. The molecule has 0 bridgehead atoms. The quantitative estimate of drug-likeness (QED) is 0.539. The zero-order valence-electron chi connectivity index (χ0n) is 13.9. The van der Waals surface area contributed by atoms with Crippen molar-refractivity contribution in [2.75, 3.05) is 6.61 Å². The first kappa shape index (κ1) is 20.3. The molecule has 0 unspecified atom stereocenters. The summed E-state index contributed by atoms with van der Waals surface area (Å²) in [6.07, 6.45) is -3.48. The molecule has 0 spiro atoms. The third-order valence-corrected chi connectivity index (χ3v) is 4.52. The summed E-state index contributed by atoms with van der Waals surface area (Å²) in [4.78, 5) is 15.1. The van der Waals surface area contributed by atoms with E-state index in [2.05, 4.69) is 4.98 Å². The van der Waals surface area contributed by atoms with Gasteiger partial charge < -0.3 is 15.2 Å². The highest BCUT2D eigenvalue weighted by molar-refractivity contribution is 6.32. The van der Waals surface area contributed by atoms with Gasteiger partial charge in [0.25, 0.3) is 5.56 Å². The Bertz CT molecular complexity index is 1150. The van der Waals surface area contributed by atoms with Crippen LogP contribution in [0.15, 0.2) is 46.2 Å². The average molecular weight is 430 g/mol. The van der Waals surface area contributed by atoms with E-state index in [1.165, 1.54) is 18.2 Å². The number of rotatable bonds is 3. The minimum absolute atomic E-state index is 0.0106. The first-order valence-electron chi connectivity index (χ1n) is 7.85. The highest BCUT2D eigenvalue weighted by Gasteiger charge is 2.31. The van der Waals surface area contributed by atoms with E-state index in [1.54, 1.807) is 0 Å². The minimum atomic E-state index is -4.61. The van der Waals surface area contributed by atoms with Gasteiger partial charge in [-0.25, -0.2) is 0 Å². The maximum atomic E-state index is 13.2. The topological polar surface area (TPSA) is 73.3 Å². The summed E-state index contributed by atoms with van der Waals surface area (Å²) in [5.74, 6) is -0.288. The Labute approximate surface area is 166 Å². The van der Waals surface area contributed by atoms with Crippen LogP contribution in [0.1, 0.15) is 11.1 Å². The lowest BCUT2D eigenvalue weighted by atomic mass is 9.94. The molecule has 1 aromatic heterocycles. The van der Waals surface area contributed by atoms with Gasteiger partial charge >= 0.3 is 6.18 Å². The minimum Gasteiger partial charge on any atom is -0.507 e. The van der Waals surface area contributed by atoms with E-state index in [9.17, 15) is 28.2 Å². The number of pyridine rings is 1. The standard InChI is InChI=1S/C19H12Cl2F3NO3/c20-10-2-4-16(27)13(6-10)17-12-5-9(19(22,23)24)1-3-15(12)25-18(28)14(17)7-11(21)8-26/h1-7,26-27H,8H2,(H,25,28). The fraction of sp³-hybridized carbons (Fsp3) is 0.105. The Balaban J connectivity index is 2.52. The zero-order chi connectivity index (χ0) is 20.6. The highest BCUT2D eigenvalue weighted by Crippen LogP contribution is 2.40. The normalized spacial score (nSPS) is 12.6. The molecule has 3 N–H and O–H groups in total. The Morgan fingerprint density at radius 3 is 2.54 bits per heavy atom. The monoisotopic (exact) mass is 429 g/mol.